The van der Waals surface area contributed by atoms with Crippen molar-refractivity contribution in [3.63, 3.8) is 0 Å². The summed E-state index contributed by atoms with van der Waals surface area (Å²) in [6.45, 7) is 2.46. The van der Waals surface area contributed by atoms with Crippen LogP contribution in [-0.4, -0.2) is 13.1 Å². The first-order valence-corrected chi connectivity index (χ1v) is 6.54. The van der Waals surface area contributed by atoms with Gasteiger partial charge < -0.3 is 5.32 Å². The Morgan fingerprint density at radius 3 is 2.93 bits per heavy atom. The first-order valence-electron chi connectivity index (χ1n) is 5.74. The minimum absolute atomic E-state index is 0.587. The molecule has 15 heavy (non-hydrogen) atoms. The Kier molecular flexibility index (Phi) is 2.37. The van der Waals surface area contributed by atoms with Crippen molar-refractivity contribution >= 4 is 15.9 Å². The normalized spacial score (nSPS) is 33.5. The monoisotopic (exact) mass is 265 g/mol. The van der Waals surface area contributed by atoms with Crippen LogP contribution in [0.15, 0.2) is 28.7 Å². The fourth-order valence-corrected chi connectivity index (χ4v) is 3.54. The molecule has 0 radical (unpaired) electrons. The molecule has 1 saturated heterocycles. The van der Waals surface area contributed by atoms with Gasteiger partial charge in [0, 0.05) is 11.0 Å². The van der Waals surface area contributed by atoms with Crippen molar-refractivity contribution < 1.29 is 0 Å². The van der Waals surface area contributed by atoms with Gasteiger partial charge in [0.05, 0.1) is 0 Å². The van der Waals surface area contributed by atoms with Crippen LogP contribution in [-0.2, 0) is 6.42 Å². The Morgan fingerprint density at radius 1 is 1.40 bits per heavy atom. The second-order valence-corrected chi connectivity index (χ2v) is 5.85. The predicted octanol–water partition coefficient (Wildman–Crippen LogP) is 2.99. The SMILES string of the molecule is Brc1ccccc1CC12CCC1CNC2. The predicted molar refractivity (Wildman–Crippen MR) is 65.9 cm³/mol. The molecule has 0 aromatic heterocycles. The van der Waals surface area contributed by atoms with Gasteiger partial charge in [0.25, 0.3) is 0 Å². The Bertz CT molecular complexity index is 377. The third-order valence-electron chi connectivity index (χ3n) is 4.22. The number of nitrogens with one attached hydrogen (secondary N) is 1. The molecule has 2 unspecified atom stereocenters. The number of halogens is 1. The summed E-state index contributed by atoms with van der Waals surface area (Å²) in [7, 11) is 0. The molecule has 2 fully saturated rings. The molecular weight excluding hydrogens is 250 g/mol. The van der Waals surface area contributed by atoms with Crippen LogP contribution in [0.4, 0.5) is 0 Å². The van der Waals surface area contributed by atoms with Gasteiger partial charge in [-0.2, -0.15) is 0 Å². The van der Waals surface area contributed by atoms with Gasteiger partial charge in [-0.15, -0.1) is 0 Å². The maximum Gasteiger partial charge on any atom is 0.0207 e. The third-order valence-corrected chi connectivity index (χ3v) is 5.00. The van der Waals surface area contributed by atoms with E-state index in [1.807, 2.05) is 0 Å². The van der Waals surface area contributed by atoms with Gasteiger partial charge >= 0.3 is 0 Å². The molecule has 3 rings (SSSR count). The molecule has 1 N–H and O–H groups in total. The quantitative estimate of drug-likeness (QED) is 0.867. The first-order chi connectivity index (χ1) is 7.30. The Balaban J connectivity index is 1.83. The van der Waals surface area contributed by atoms with E-state index in [2.05, 4.69) is 45.5 Å². The van der Waals surface area contributed by atoms with Crippen LogP contribution in [0.2, 0.25) is 0 Å². The van der Waals surface area contributed by atoms with E-state index < -0.39 is 0 Å². The van der Waals surface area contributed by atoms with Gasteiger partial charge in [0.15, 0.2) is 0 Å². The Hall–Kier alpha value is -0.340. The summed E-state index contributed by atoms with van der Waals surface area (Å²) in [4.78, 5) is 0. The maximum absolute atomic E-state index is 3.65. The second-order valence-electron chi connectivity index (χ2n) is 5.00. The molecule has 2 aliphatic rings. The zero-order valence-corrected chi connectivity index (χ0v) is 10.4. The average Bonchev–Trinajstić information content (AvgIpc) is 2.49. The number of benzene rings is 1. The van der Waals surface area contributed by atoms with Crippen molar-refractivity contribution in [3.8, 4) is 0 Å². The van der Waals surface area contributed by atoms with E-state index in [-0.39, 0.29) is 0 Å². The summed E-state index contributed by atoms with van der Waals surface area (Å²) in [5.41, 5.74) is 2.06. The highest BCUT2D eigenvalue weighted by molar-refractivity contribution is 9.10. The molecule has 1 aliphatic carbocycles. The van der Waals surface area contributed by atoms with Crippen LogP contribution in [0, 0.1) is 11.3 Å². The van der Waals surface area contributed by atoms with Crippen molar-refractivity contribution in [2.24, 2.45) is 11.3 Å². The zero-order chi connectivity index (χ0) is 10.3. The van der Waals surface area contributed by atoms with E-state index in [0.29, 0.717) is 5.41 Å². The van der Waals surface area contributed by atoms with Gasteiger partial charge in [0.2, 0.25) is 0 Å². The molecule has 1 aromatic carbocycles. The van der Waals surface area contributed by atoms with Crippen LogP contribution in [0.25, 0.3) is 0 Å². The molecule has 1 aromatic rings. The Morgan fingerprint density at radius 2 is 2.27 bits per heavy atom. The summed E-state index contributed by atoms with van der Waals surface area (Å²) in [5.74, 6) is 0.935. The number of hydrogen-bond acceptors (Lipinski definition) is 1. The van der Waals surface area contributed by atoms with Gasteiger partial charge in [-0.3, -0.25) is 0 Å². The van der Waals surface area contributed by atoms with Crippen LogP contribution >= 0.6 is 15.9 Å². The highest BCUT2D eigenvalue weighted by Gasteiger charge is 2.49. The molecule has 1 saturated carbocycles. The Labute approximate surface area is 99.4 Å². The van der Waals surface area contributed by atoms with Crippen LogP contribution in [0.3, 0.4) is 0 Å². The molecule has 2 atom stereocenters. The van der Waals surface area contributed by atoms with Gasteiger partial charge in [-0.05, 0) is 48.8 Å². The average molecular weight is 266 g/mol. The third kappa shape index (κ3) is 1.55. The van der Waals surface area contributed by atoms with Crippen molar-refractivity contribution in [1.82, 2.24) is 5.32 Å². The lowest BCUT2D eigenvalue weighted by Gasteiger charge is -2.44. The van der Waals surface area contributed by atoms with E-state index >= 15 is 0 Å². The highest BCUT2D eigenvalue weighted by atomic mass is 79.9. The van der Waals surface area contributed by atoms with Crippen molar-refractivity contribution in [2.45, 2.75) is 19.3 Å². The molecule has 2 heteroatoms. The smallest absolute Gasteiger partial charge is 0.0207 e. The molecule has 0 bridgehead atoms. The maximum atomic E-state index is 3.65. The zero-order valence-electron chi connectivity index (χ0n) is 8.80. The summed E-state index contributed by atoms with van der Waals surface area (Å²) >= 11 is 3.65. The van der Waals surface area contributed by atoms with Gasteiger partial charge in [-0.25, -0.2) is 0 Å². The van der Waals surface area contributed by atoms with E-state index in [9.17, 15) is 0 Å². The van der Waals surface area contributed by atoms with Crippen LogP contribution in [0.5, 0.6) is 0 Å². The lowest BCUT2D eigenvalue weighted by Crippen LogP contribution is -2.41. The number of rotatable bonds is 2. The largest absolute Gasteiger partial charge is 0.316 e. The summed E-state index contributed by atoms with van der Waals surface area (Å²) in [5, 5.41) is 3.55. The number of hydrogen-bond donors (Lipinski definition) is 1. The van der Waals surface area contributed by atoms with E-state index in [0.717, 1.165) is 5.92 Å². The topological polar surface area (TPSA) is 12.0 Å². The molecule has 0 amide bonds. The summed E-state index contributed by atoms with van der Waals surface area (Å²) < 4.78 is 1.27. The standard InChI is InChI=1S/C13H16BrN/c14-12-4-2-1-3-10(12)7-13-6-5-11(13)8-15-9-13/h1-4,11,15H,5-9H2. The minimum Gasteiger partial charge on any atom is -0.316 e. The minimum atomic E-state index is 0.587. The first kappa shape index (κ1) is 9.86. The van der Waals surface area contributed by atoms with Crippen molar-refractivity contribution in [3.05, 3.63) is 34.3 Å². The molecule has 0 spiro atoms. The highest BCUT2D eigenvalue weighted by Crippen LogP contribution is 2.51. The van der Waals surface area contributed by atoms with Crippen molar-refractivity contribution in [2.75, 3.05) is 13.1 Å². The lowest BCUT2D eigenvalue weighted by atomic mass is 9.59. The molecule has 1 nitrogen and oxygen atoms in total. The summed E-state index contributed by atoms with van der Waals surface area (Å²) in [6, 6.07) is 8.65. The lowest BCUT2D eigenvalue weighted by molar-refractivity contribution is 0.0862. The molecule has 1 aliphatic heterocycles. The fourth-order valence-electron chi connectivity index (χ4n) is 3.12. The van der Waals surface area contributed by atoms with E-state index in [1.54, 1.807) is 0 Å². The van der Waals surface area contributed by atoms with Gasteiger partial charge in [0.1, 0.15) is 0 Å². The van der Waals surface area contributed by atoms with Crippen LogP contribution in [0.1, 0.15) is 18.4 Å². The van der Waals surface area contributed by atoms with Crippen LogP contribution < -0.4 is 5.32 Å². The molecule has 80 valence electrons. The van der Waals surface area contributed by atoms with E-state index in [4.69, 9.17) is 0 Å². The fraction of sp³-hybridized carbons (Fsp3) is 0.538. The molecule has 1 heterocycles. The summed E-state index contributed by atoms with van der Waals surface area (Å²) in [6.07, 6.45) is 4.08. The van der Waals surface area contributed by atoms with E-state index in [1.165, 1.54) is 42.4 Å². The number of fused-ring (bicyclic) bond motifs is 1. The second kappa shape index (κ2) is 3.60. The van der Waals surface area contributed by atoms with Gasteiger partial charge in [-0.1, -0.05) is 34.1 Å². The van der Waals surface area contributed by atoms with Crippen molar-refractivity contribution in [1.29, 1.82) is 0 Å². The molecular formula is C13H16BrN.